The van der Waals surface area contributed by atoms with E-state index in [1.54, 1.807) is 0 Å². The molecule has 3 heteroatoms. The van der Waals surface area contributed by atoms with Crippen molar-refractivity contribution in [1.29, 1.82) is 0 Å². The van der Waals surface area contributed by atoms with Crippen LogP contribution in [0.3, 0.4) is 0 Å². The molecule has 0 unspecified atom stereocenters. The van der Waals surface area contributed by atoms with Gasteiger partial charge in [0, 0.05) is 0 Å². The van der Waals surface area contributed by atoms with E-state index in [9.17, 15) is 4.79 Å². The van der Waals surface area contributed by atoms with Gasteiger partial charge in [-0.25, -0.2) is 0 Å². The molecule has 0 saturated heterocycles. The van der Waals surface area contributed by atoms with Crippen molar-refractivity contribution in [3.05, 3.63) is 0 Å². The Hall–Kier alpha value is -0.860. The summed E-state index contributed by atoms with van der Waals surface area (Å²) in [6.07, 6.45) is 3.31. The third-order valence-corrected chi connectivity index (χ3v) is 0.934. The molecule has 0 rings (SSSR count). The van der Waals surface area contributed by atoms with Crippen LogP contribution >= 0.6 is 0 Å². The molecular formula is C7H14O3. The van der Waals surface area contributed by atoms with Gasteiger partial charge in [0.25, 0.3) is 6.47 Å². The van der Waals surface area contributed by atoms with Gasteiger partial charge in [-0.2, -0.15) is 0 Å². The monoisotopic (exact) mass is 146 g/mol. The van der Waals surface area contributed by atoms with Crippen molar-refractivity contribution in [1.82, 2.24) is 0 Å². The van der Waals surface area contributed by atoms with Crippen molar-refractivity contribution in [2.45, 2.75) is 26.2 Å². The summed E-state index contributed by atoms with van der Waals surface area (Å²) >= 11 is 0. The summed E-state index contributed by atoms with van der Waals surface area (Å²) in [6.45, 7) is 5.19. The van der Waals surface area contributed by atoms with Gasteiger partial charge in [0.15, 0.2) is 0 Å². The van der Waals surface area contributed by atoms with Crippen molar-refractivity contribution in [3.63, 3.8) is 0 Å². The minimum atomic E-state index is 0.496. The molecule has 10 heavy (non-hydrogen) atoms. The fraction of sp³-hybridized carbons (Fsp3) is 0.714. The van der Waals surface area contributed by atoms with Crippen LogP contribution in [0.25, 0.3) is 0 Å². The Morgan fingerprint density at radius 3 is 2.40 bits per heavy atom. The maximum atomic E-state index is 9.55. The van der Waals surface area contributed by atoms with Crippen LogP contribution in [-0.4, -0.2) is 19.9 Å². The molecule has 0 saturated carbocycles. The number of carbonyl (C=O) groups is 2. The molecule has 0 radical (unpaired) electrons. The quantitative estimate of drug-likeness (QED) is 0.432. The van der Waals surface area contributed by atoms with Gasteiger partial charge in [-0.3, -0.25) is 4.79 Å². The third-order valence-electron chi connectivity index (χ3n) is 0.934. The zero-order chi connectivity index (χ0) is 8.24. The van der Waals surface area contributed by atoms with E-state index in [1.165, 1.54) is 6.42 Å². The summed E-state index contributed by atoms with van der Waals surface area (Å²) < 4.78 is 4.46. The van der Waals surface area contributed by atoms with Gasteiger partial charge in [-0.05, 0) is 6.42 Å². The predicted molar refractivity (Wildman–Crippen MR) is 38.7 cm³/mol. The number of carbonyl (C=O) groups excluding carboxylic acids is 2. The summed E-state index contributed by atoms with van der Waals surface area (Å²) in [5, 5.41) is 0. The SMILES string of the molecule is C=O.CCCCCOC=O. The molecule has 0 N–H and O–H groups in total. The van der Waals surface area contributed by atoms with E-state index in [0.717, 1.165) is 12.8 Å². The first-order valence-corrected chi connectivity index (χ1v) is 3.26. The lowest BCUT2D eigenvalue weighted by molar-refractivity contribution is -0.128. The lowest BCUT2D eigenvalue weighted by Gasteiger charge is -1.93. The van der Waals surface area contributed by atoms with Crippen LogP contribution in [0.15, 0.2) is 0 Å². The molecule has 0 aliphatic carbocycles. The second-order valence-corrected chi connectivity index (χ2v) is 1.67. The van der Waals surface area contributed by atoms with E-state index in [0.29, 0.717) is 13.1 Å². The van der Waals surface area contributed by atoms with E-state index in [1.807, 2.05) is 6.79 Å². The zero-order valence-electron chi connectivity index (χ0n) is 6.34. The van der Waals surface area contributed by atoms with Crippen molar-refractivity contribution >= 4 is 13.3 Å². The second kappa shape index (κ2) is 15.7. The summed E-state index contributed by atoms with van der Waals surface area (Å²) in [5.74, 6) is 0. The van der Waals surface area contributed by atoms with Crippen LogP contribution in [0.1, 0.15) is 26.2 Å². The van der Waals surface area contributed by atoms with Crippen LogP contribution < -0.4 is 0 Å². The second-order valence-electron chi connectivity index (χ2n) is 1.67. The minimum absolute atomic E-state index is 0.496. The first-order valence-electron chi connectivity index (χ1n) is 3.26. The van der Waals surface area contributed by atoms with Crippen LogP contribution in [0.2, 0.25) is 0 Å². The molecule has 0 bridgehead atoms. The van der Waals surface area contributed by atoms with Crippen LogP contribution in [0, 0.1) is 0 Å². The maximum Gasteiger partial charge on any atom is 0.293 e. The molecular weight excluding hydrogens is 132 g/mol. The average Bonchev–Trinajstić information content (AvgIpc) is 2.02. The van der Waals surface area contributed by atoms with Gasteiger partial charge < -0.3 is 9.53 Å². The van der Waals surface area contributed by atoms with Crippen LogP contribution in [-0.2, 0) is 14.3 Å². The van der Waals surface area contributed by atoms with E-state index < -0.39 is 0 Å². The average molecular weight is 146 g/mol. The Morgan fingerprint density at radius 2 is 2.00 bits per heavy atom. The molecule has 0 aromatic heterocycles. The molecule has 0 aromatic rings. The molecule has 0 heterocycles. The fourth-order valence-electron chi connectivity index (χ4n) is 0.484. The van der Waals surface area contributed by atoms with Gasteiger partial charge >= 0.3 is 0 Å². The Bertz CT molecular complexity index is 63.9. The van der Waals surface area contributed by atoms with E-state index in [-0.39, 0.29) is 0 Å². The first-order chi connectivity index (χ1) is 4.91. The van der Waals surface area contributed by atoms with Gasteiger partial charge in [0.2, 0.25) is 0 Å². The zero-order valence-corrected chi connectivity index (χ0v) is 6.34. The smallest absolute Gasteiger partial charge is 0.293 e. The number of hydrogen-bond donors (Lipinski definition) is 0. The molecule has 0 spiro atoms. The number of hydrogen-bond acceptors (Lipinski definition) is 3. The summed E-state index contributed by atoms with van der Waals surface area (Å²) in [6, 6.07) is 0. The molecule has 0 aliphatic heterocycles. The largest absolute Gasteiger partial charge is 0.468 e. The summed E-state index contributed by atoms with van der Waals surface area (Å²) in [5.41, 5.74) is 0. The Kier molecular flexibility index (Phi) is 18.7. The highest BCUT2D eigenvalue weighted by molar-refractivity contribution is 5.36. The van der Waals surface area contributed by atoms with Gasteiger partial charge in [-0.15, -0.1) is 0 Å². The molecule has 0 amide bonds. The van der Waals surface area contributed by atoms with E-state index in [2.05, 4.69) is 11.7 Å². The standard InChI is InChI=1S/C6H12O2.CH2O/c1-2-3-4-5-8-6-7;1-2/h6H,2-5H2,1H3;1H2. The van der Waals surface area contributed by atoms with Crippen LogP contribution in [0.5, 0.6) is 0 Å². The minimum Gasteiger partial charge on any atom is -0.468 e. The van der Waals surface area contributed by atoms with Crippen molar-refractivity contribution in [2.24, 2.45) is 0 Å². The van der Waals surface area contributed by atoms with E-state index in [4.69, 9.17) is 4.79 Å². The Morgan fingerprint density at radius 1 is 1.40 bits per heavy atom. The Balaban J connectivity index is 0. The molecule has 60 valence electrons. The topological polar surface area (TPSA) is 43.4 Å². The predicted octanol–water partition coefficient (Wildman–Crippen LogP) is 1.16. The maximum absolute atomic E-state index is 9.55. The van der Waals surface area contributed by atoms with E-state index >= 15 is 0 Å². The fourth-order valence-corrected chi connectivity index (χ4v) is 0.484. The normalized spacial score (nSPS) is 7.30. The van der Waals surface area contributed by atoms with Gasteiger partial charge in [0.05, 0.1) is 6.61 Å². The number of rotatable bonds is 5. The lowest BCUT2D eigenvalue weighted by Crippen LogP contribution is -1.89. The summed E-state index contributed by atoms with van der Waals surface area (Å²) in [7, 11) is 0. The highest BCUT2D eigenvalue weighted by atomic mass is 16.5. The van der Waals surface area contributed by atoms with Crippen molar-refractivity contribution in [2.75, 3.05) is 6.61 Å². The highest BCUT2D eigenvalue weighted by Crippen LogP contribution is 1.91. The lowest BCUT2D eigenvalue weighted by atomic mass is 10.3. The third kappa shape index (κ3) is 15.7. The van der Waals surface area contributed by atoms with Crippen LogP contribution in [0.4, 0.5) is 0 Å². The molecule has 3 nitrogen and oxygen atoms in total. The summed E-state index contributed by atoms with van der Waals surface area (Å²) in [4.78, 5) is 17.5. The number of unbranched alkanes of at least 4 members (excludes halogenated alkanes) is 2. The first kappa shape index (κ1) is 11.9. The molecule has 0 aliphatic rings. The molecule has 0 atom stereocenters. The Labute approximate surface area is 61.4 Å². The van der Waals surface area contributed by atoms with Gasteiger partial charge in [0.1, 0.15) is 6.79 Å². The van der Waals surface area contributed by atoms with Crippen molar-refractivity contribution in [3.8, 4) is 0 Å². The number of ether oxygens (including phenoxy) is 1. The molecule has 0 fully saturated rings. The molecule has 0 aromatic carbocycles. The highest BCUT2D eigenvalue weighted by Gasteiger charge is 1.82. The van der Waals surface area contributed by atoms with Gasteiger partial charge in [-0.1, -0.05) is 19.8 Å². The van der Waals surface area contributed by atoms with Crippen molar-refractivity contribution < 1.29 is 14.3 Å².